The lowest BCUT2D eigenvalue weighted by Crippen LogP contribution is -2.42. The standard InChI is InChI=1S/C12H15NO4S/c1-2-8-7-13(4-6-18-8)11(14)10-9(12(15)16)3-5-17-10/h3,5,8H,2,4,6-7H2,1H3,(H,15,16). The van der Waals surface area contributed by atoms with Crippen LogP contribution in [0.3, 0.4) is 0 Å². The molecule has 0 saturated carbocycles. The van der Waals surface area contributed by atoms with Gasteiger partial charge in [0.2, 0.25) is 5.76 Å². The number of carboxylic acids is 1. The fourth-order valence-corrected chi connectivity index (χ4v) is 3.12. The Morgan fingerprint density at radius 1 is 1.61 bits per heavy atom. The molecule has 1 aliphatic rings. The van der Waals surface area contributed by atoms with Gasteiger partial charge in [-0.25, -0.2) is 4.79 Å². The van der Waals surface area contributed by atoms with Crippen LogP contribution >= 0.6 is 11.8 Å². The summed E-state index contributed by atoms with van der Waals surface area (Å²) in [7, 11) is 0. The van der Waals surface area contributed by atoms with Crippen molar-refractivity contribution in [3.8, 4) is 0 Å². The van der Waals surface area contributed by atoms with Gasteiger partial charge in [-0.1, -0.05) is 6.92 Å². The van der Waals surface area contributed by atoms with E-state index in [0.29, 0.717) is 18.3 Å². The minimum Gasteiger partial charge on any atom is -0.478 e. The molecular weight excluding hydrogens is 254 g/mol. The number of furan rings is 1. The molecule has 98 valence electrons. The normalized spacial score (nSPS) is 19.8. The summed E-state index contributed by atoms with van der Waals surface area (Å²) < 4.78 is 5.03. The molecule has 1 atom stereocenters. The van der Waals surface area contributed by atoms with E-state index in [2.05, 4.69) is 6.92 Å². The van der Waals surface area contributed by atoms with Crippen molar-refractivity contribution < 1.29 is 19.1 Å². The highest BCUT2D eigenvalue weighted by Crippen LogP contribution is 2.23. The molecule has 1 amide bonds. The van der Waals surface area contributed by atoms with Crippen LogP contribution in [0.25, 0.3) is 0 Å². The molecule has 0 aliphatic carbocycles. The molecule has 1 aliphatic heterocycles. The predicted octanol–water partition coefficient (Wildman–Crippen LogP) is 1.95. The van der Waals surface area contributed by atoms with Gasteiger partial charge >= 0.3 is 5.97 Å². The van der Waals surface area contributed by atoms with Crippen LogP contribution in [0.4, 0.5) is 0 Å². The number of aromatic carboxylic acids is 1. The Morgan fingerprint density at radius 2 is 2.39 bits per heavy atom. The van der Waals surface area contributed by atoms with Gasteiger partial charge in [-0.3, -0.25) is 4.79 Å². The van der Waals surface area contributed by atoms with Gasteiger partial charge in [0.15, 0.2) is 0 Å². The first-order valence-electron chi connectivity index (χ1n) is 5.85. The number of rotatable bonds is 3. The Labute approximate surface area is 109 Å². The molecule has 1 N–H and O–H groups in total. The van der Waals surface area contributed by atoms with Crippen molar-refractivity contribution >= 4 is 23.6 Å². The molecule has 1 saturated heterocycles. The van der Waals surface area contributed by atoms with Crippen LogP contribution in [0, 0.1) is 0 Å². The van der Waals surface area contributed by atoms with Crippen LogP contribution < -0.4 is 0 Å². The van der Waals surface area contributed by atoms with Crippen LogP contribution in [0.5, 0.6) is 0 Å². The van der Waals surface area contributed by atoms with Crippen molar-refractivity contribution in [3.05, 3.63) is 23.7 Å². The molecule has 1 unspecified atom stereocenters. The maximum atomic E-state index is 12.2. The SMILES string of the molecule is CCC1CN(C(=O)c2occc2C(=O)O)CCS1. The van der Waals surface area contributed by atoms with Gasteiger partial charge in [-0.2, -0.15) is 11.8 Å². The molecule has 0 bridgehead atoms. The second kappa shape index (κ2) is 5.48. The lowest BCUT2D eigenvalue weighted by molar-refractivity contribution is 0.0662. The number of carbonyl (C=O) groups excluding carboxylic acids is 1. The maximum Gasteiger partial charge on any atom is 0.339 e. The minimum absolute atomic E-state index is 0.0636. The molecule has 18 heavy (non-hydrogen) atoms. The molecule has 6 heteroatoms. The van der Waals surface area contributed by atoms with E-state index in [4.69, 9.17) is 9.52 Å². The van der Waals surface area contributed by atoms with E-state index in [9.17, 15) is 9.59 Å². The Bertz CT molecular complexity index is 457. The summed E-state index contributed by atoms with van der Waals surface area (Å²) in [4.78, 5) is 24.8. The Hall–Kier alpha value is -1.43. The molecule has 0 radical (unpaired) electrons. The zero-order valence-electron chi connectivity index (χ0n) is 10.1. The summed E-state index contributed by atoms with van der Waals surface area (Å²) in [5, 5.41) is 9.39. The molecule has 2 heterocycles. The van der Waals surface area contributed by atoms with Crippen molar-refractivity contribution in [1.29, 1.82) is 0 Å². The van der Waals surface area contributed by atoms with E-state index < -0.39 is 5.97 Å². The van der Waals surface area contributed by atoms with Crippen LogP contribution in [0.2, 0.25) is 0 Å². The number of carboxylic acid groups (broad SMARTS) is 1. The third-order valence-electron chi connectivity index (χ3n) is 2.97. The third kappa shape index (κ3) is 2.53. The van der Waals surface area contributed by atoms with Crippen LogP contribution in [-0.2, 0) is 0 Å². The Kier molecular flexibility index (Phi) is 3.96. The first-order valence-corrected chi connectivity index (χ1v) is 6.90. The van der Waals surface area contributed by atoms with E-state index in [0.717, 1.165) is 12.2 Å². The topological polar surface area (TPSA) is 70.8 Å². The number of thioether (sulfide) groups is 1. The zero-order valence-corrected chi connectivity index (χ0v) is 10.9. The molecule has 2 rings (SSSR count). The highest BCUT2D eigenvalue weighted by Gasteiger charge is 2.28. The molecule has 0 spiro atoms. The van der Waals surface area contributed by atoms with E-state index in [1.807, 2.05) is 11.8 Å². The van der Waals surface area contributed by atoms with E-state index in [-0.39, 0.29) is 17.2 Å². The summed E-state index contributed by atoms with van der Waals surface area (Å²) in [6, 6.07) is 1.31. The summed E-state index contributed by atoms with van der Waals surface area (Å²) >= 11 is 1.85. The highest BCUT2D eigenvalue weighted by molar-refractivity contribution is 8.00. The fourth-order valence-electron chi connectivity index (χ4n) is 1.94. The summed E-state index contributed by atoms with van der Waals surface area (Å²) in [6.07, 6.45) is 2.24. The summed E-state index contributed by atoms with van der Waals surface area (Å²) in [6.45, 7) is 3.38. The van der Waals surface area contributed by atoms with Gasteiger partial charge in [0, 0.05) is 24.1 Å². The third-order valence-corrected chi connectivity index (χ3v) is 4.34. The lowest BCUT2D eigenvalue weighted by atomic mass is 10.2. The molecule has 1 aromatic rings. The average Bonchev–Trinajstić information content (AvgIpc) is 2.87. The van der Waals surface area contributed by atoms with Crippen molar-refractivity contribution in [2.45, 2.75) is 18.6 Å². The molecule has 5 nitrogen and oxygen atoms in total. The second-order valence-corrected chi connectivity index (χ2v) is 5.53. The van der Waals surface area contributed by atoms with Crippen LogP contribution in [0.15, 0.2) is 16.7 Å². The number of nitrogens with zero attached hydrogens (tertiary/aromatic N) is 1. The Balaban J connectivity index is 2.15. The number of amides is 1. The molecule has 1 fully saturated rings. The minimum atomic E-state index is -1.13. The predicted molar refractivity (Wildman–Crippen MR) is 68.1 cm³/mol. The Morgan fingerprint density at radius 3 is 3.06 bits per heavy atom. The van der Waals surface area contributed by atoms with Gasteiger partial charge in [0.1, 0.15) is 5.56 Å². The van der Waals surface area contributed by atoms with Gasteiger partial charge in [-0.05, 0) is 12.5 Å². The van der Waals surface area contributed by atoms with Crippen molar-refractivity contribution in [1.82, 2.24) is 4.90 Å². The maximum absolute atomic E-state index is 12.2. The zero-order chi connectivity index (χ0) is 13.1. The van der Waals surface area contributed by atoms with Crippen molar-refractivity contribution in [2.24, 2.45) is 0 Å². The van der Waals surface area contributed by atoms with Gasteiger partial charge < -0.3 is 14.4 Å². The van der Waals surface area contributed by atoms with Gasteiger partial charge in [0.25, 0.3) is 5.91 Å². The molecule has 1 aromatic heterocycles. The number of carbonyl (C=O) groups is 2. The van der Waals surface area contributed by atoms with Crippen molar-refractivity contribution in [3.63, 3.8) is 0 Å². The largest absolute Gasteiger partial charge is 0.478 e. The molecule has 0 aromatic carbocycles. The first-order chi connectivity index (χ1) is 8.63. The highest BCUT2D eigenvalue weighted by atomic mass is 32.2. The first kappa shape index (κ1) is 13.0. The monoisotopic (exact) mass is 269 g/mol. The van der Waals surface area contributed by atoms with Crippen LogP contribution in [0.1, 0.15) is 34.3 Å². The van der Waals surface area contributed by atoms with E-state index >= 15 is 0 Å². The average molecular weight is 269 g/mol. The van der Waals surface area contributed by atoms with Gasteiger partial charge in [0.05, 0.1) is 6.26 Å². The van der Waals surface area contributed by atoms with Gasteiger partial charge in [-0.15, -0.1) is 0 Å². The lowest BCUT2D eigenvalue weighted by Gasteiger charge is -2.31. The number of hydrogen-bond donors (Lipinski definition) is 1. The van der Waals surface area contributed by atoms with Crippen LogP contribution in [-0.4, -0.2) is 46.0 Å². The number of hydrogen-bond acceptors (Lipinski definition) is 4. The quantitative estimate of drug-likeness (QED) is 0.908. The second-order valence-electron chi connectivity index (χ2n) is 4.12. The van der Waals surface area contributed by atoms with E-state index in [1.54, 1.807) is 4.90 Å². The fraction of sp³-hybridized carbons (Fsp3) is 0.500. The summed E-state index contributed by atoms with van der Waals surface area (Å²) in [5.41, 5.74) is -0.0636. The van der Waals surface area contributed by atoms with E-state index in [1.165, 1.54) is 12.3 Å². The molecular formula is C12H15NO4S. The summed E-state index contributed by atoms with van der Waals surface area (Å²) in [5.74, 6) is -0.640. The van der Waals surface area contributed by atoms with Crippen molar-refractivity contribution in [2.75, 3.05) is 18.8 Å². The smallest absolute Gasteiger partial charge is 0.339 e.